The summed E-state index contributed by atoms with van der Waals surface area (Å²) in [5, 5.41) is 5.87. The van der Waals surface area contributed by atoms with Gasteiger partial charge in [0.1, 0.15) is 5.82 Å². The summed E-state index contributed by atoms with van der Waals surface area (Å²) >= 11 is 5.97. The van der Waals surface area contributed by atoms with Crippen LogP contribution in [0.4, 0.5) is 4.39 Å². The molecule has 0 aliphatic carbocycles. The predicted molar refractivity (Wildman–Crippen MR) is 85.1 cm³/mol. The van der Waals surface area contributed by atoms with Gasteiger partial charge in [-0.1, -0.05) is 24.1 Å². The van der Waals surface area contributed by atoms with Gasteiger partial charge in [0.05, 0.1) is 6.04 Å². The molecule has 0 saturated carbocycles. The van der Waals surface area contributed by atoms with Gasteiger partial charge in [-0.15, -0.1) is 0 Å². The summed E-state index contributed by atoms with van der Waals surface area (Å²) in [4.78, 5) is 22.5. The maximum absolute atomic E-state index is 13.0. The molecule has 0 bridgehead atoms. The molecule has 2 amide bonds. The largest absolute Gasteiger partial charge is 0.356 e. The monoisotopic (exact) mass is 328 g/mol. The van der Waals surface area contributed by atoms with Gasteiger partial charge < -0.3 is 10.6 Å². The number of carbonyl (C=O) groups is 2. The van der Waals surface area contributed by atoms with E-state index < -0.39 is 5.82 Å². The molecule has 0 saturated heterocycles. The highest BCUT2D eigenvalue weighted by molar-refractivity contribution is 6.31. The summed E-state index contributed by atoms with van der Waals surface area (Å²) < 4.78 is 13.0. The first-order valence-corrected chi connectivity index (χ1v) is 7.76. The summed E-state index contributed by atoms with van der Waals surface area (Å²) in [6.07, 6.45) is 2.91. The number of rotatable bonds is 8. The van der Waals surface area contributed by atoms with Crippen LogP contribution in [0.3, 0.4) is 0 Å². The van der Waals surface area contributed by atoms with Gasteiger partial charge in [-0.2, -0.15) is 0 Å². The Labute approximate surface area is 135 Å². The number of nitrogens with one attached hydrogen (secondary N) is 2. The van der Waals surface area contributed by atoms with E-state index in [4.69, 9.17) is 11.6 Å². The van der Waals surface area contributed by atoms with E-state index in [1.54, 1.807) is 6.07 Å². The molecule has 4 nitrogen and oxygen atoms in total. The molecule has 1 aromatic carbocycles. The second-order valence-electron chi connectivity index (χ2n) is 5.25. The van der Waals surface area contributed by atoms with Gasteiger partial charge in [-0.3, -0.25) is 9.59 Å². The zero-order valence-corrected chi connectivity index (χ0v) is 13.7. The molecule has 6 heteroatoms. The Morgan fingerprint density at radius 1 is 1.27 bits per heavy atom. The molecule has 1 aromatic rings. The molecule has 0 fully saturated rings. The van der Waals surface area contributed by atoms with Crippen molar-refractivity contribution in [3.63, 3.8) is 0 Å². The first-order chi connectivity index (χ1) is 10.4. The predicted octanol–water partition coefficient (Wildman–Crippen LogP) is 3.35. The van der Waals surface area contributed by atoms with Crippen LogP contribution >= 0.6 is 11.6 Å². The third-order valence-corrected chi connectivity index (χ3v) is 3.59. The van der Waals surface area contributed by atoms with Crippen molar-refractivity contribution >= 4 is 23.4 Å². The highest BCUT2D eigenvalue weighted by atomic mass is 35.5. The number of carbonyl (C=O) groups excluding carboxylic acids is 2. The van der Waals surface area contributed by atoms with Gasteiger partial charge in [0, 0.05) is 24.9 Å². The highest BCUT2D eigenvalue weighted by Gasteiger charge is 2.13. The van der Waals surface area contributed by atoms with Crippen LogP contribution in [0, 0.1) is 5.82 Å². The van der Waals surface area contributed by atoms with Crippen molar-refractivity contribution in [2.24, 2.45) is 0 Å². The number of benzene rings is 1. The van der Waals surface area contributed by atoms with Crippen LogP contribution in [0.5, 0.6) is 0 Å². The van der Waals surface area contributed by atoms with Gasteiger partial charge in [0.25, 0.3) is 0 Å². The average Bonchev–Trinajstić information content (AvgIpc) is 2.42. The Balaban J connectivity index is 2.28. The van der Waals surface area contributed by atoms with Gasteiger partial charge in [-0.25, -0.2) is 4.39 Å². The Kier molecular flexibility index (Phi) is 7.88. The van der Waals surface area contributed by atoms with E-state index in [1.165, 1.54) is 19.1 Å². The molecule has 0 spiro atoms. The van der Waals surface area contributed by atoms with E-state index >= 15 is 0 Å². The summed E-state index contributed by atoms with van der Waals surface area (Å²) in [5.41, 5.74) is 0.696. The number of hydrogen-bond acceptors (Lipinski definition) is 2. The van der Waals surface area contributed by atoms with Gasteiger partial charge in [0.15, 0.2) is 0 Å². The van der Waals surface area contributed by atoms with Crippen LogP contribution in [0.1, 0.15) is 51.1 Å². The lowest BCUT2D eigenvalue weighted by Gasteiger charge is -2.15. The maximum atomic E-state index is 13.0. The third kappa shape index (κ3) is 6.89. The van der Waals surface area contributed by atoms with Crippen LogP contribution in [0.2, 0.25) is 5.02 Å². The fourth-order valence-electron chi connectivity index (χ4n) is 2.10. The molecule has 0 unspecified atom stereocenters. The molecular formula is C16H22ClFN2O2. The minimum Gasteiger partial charge on any atom is -0.356 e. The van der Waals surface area contributed by atoms with Gasteiger partial charge in [0.2, 0.25) is 11.8 Å². The molecule has 0 aliphatic heterocycles. The maximum Gasteiger partial charge on any atom is 0.220 e. The Morgan fingerprint density at radius 3 is 2.64 bits per heavy atom. The van der Waals surface area contributed by atoms with Crippen molar-refractivity contribution in [1.82, 2.24) is 10.6 Å². The SMILES string of the molecule is CC(=O)NCCCCCC(=O)N[C@@H](C)c1ccc(F)cc1Cl. The number of amides is 2. The van der Waals surface area contributed by atoms with E-state index in [-0.39, 0.29) is 17.9 Å². The zero-order chi connectivity index (χ0) is 16.5. The molecule has 0 heterocycles. The number of unbranched alkanes of at least 4 members (excludes halogenated alkanes) is 2. The quantitative estimate of drug-likeness (QED) is 0.719. The fourth-order valence-corrected chi connectivity index (χ4v) is 2.43. The average molecular weight is 329 g/mol. The molecule has 1 rings (SSSR count). The van der Waals surface area contributed by atoms with Crippen molar-refractivity contribution in [3.8, 4) is 0 Å². The van der Waals surface area contributed by atoms with E-state index in [1.807, 2.05) is 6.92 Å². The lowest BCUT2D eigenvalue weighted by molar-refractivity contribution is -0.122. The van der Waals surface area contributed by atoms with Crippen LogP contribution < -0.4 is 10.6 Å². The molecular weight excluding hydrogens is 307 g/mol. The number of halogens is 2. The van der Waals surface area contributed by atoms with Crippen molar-refractivity contribution in [2.45, 2.75) is 45.6 Å². The lowest BCUT2D eigenvalue weighted by atomic mass is 10.1. The van der Waals surface area contributed by atoms with Gasteiger partial charge >= 0.3 is 0 Å². The molecule has 0 aromatic heterocycles. The van der Waals surface area contributed by atoms with E-state index in [9.17, 15) is 14.0 Å². The highest BCUT2D eigenvalue weighted by Crippen LogP contribution is 2.23. The Hall–Kier alpha value is -1.62. The minimum absolute atomic E-state index is 0.0391. The van der Waals surface area contributed by atoms with Crippen LogP contribution in [0.25, 0.3) is 0 Å². The first kappa shape index (κ1) is 18.4. The van der Waals surface area contributed by atoms with Crippen molar-refractivity contribution < 1.29 is 14.0 Å². The normalized spacial score (nSPS) is 11.8. The van der Waals surface area contributed by atoms with Crippen LogP contribution in [0.15, 0.2) is 18.2 Å². The molecule has 2 N–H and O–H groups in total. The van der Waals surface area contributed by atoms with Crippen molar-refractivity contribution in [2.75, 3.05) is 6.54 Å². The number of hydrogen-bond donors (Lipinski definition) is 2. The minimum atomic E-state index is -0.397. The smallest absolute Gasteiger partial charge is 0.220 e. The van der Waals surface area contributed by atoms with E-state index in [0.717, 1.165) is 19.3 Å². The topological polar surface area (TPSA) is 58.2 Å². The summed E-state index contributed by atoms with van der Waals surface area (Å²) in [7, 11) is 0. The lowest BCUT2D eigenvalue weighted by Crippen LogP contribution is -2.26. The second kappa shape index (κ2) is 9.41. The standard InChI is InChI=1S/C16H22ClFN2O2/c1-11(14-8-7-13(18)10-15(14)17)20-16(22)6-4-3-5-9-19-12(2)21/h7-8,10-11H,3-6,9H2,1-2H3,(H,19,21)(H,20,22)/t11-/m0/s1. The molecule has 22 heavy (non-hydrogen) atoms. The van der Waals surface area contributed by atoms with Crippen molar-refractivity contribution in [3.05, 3.63) is 34.6 Å². The Morgan fingerprint density at radius 2 is 2.00 bits per heavy atom. The second-order valence-corrected chi connectivity index (χ2v) is 5.66. The molecule has 0 aliphatic rings. The van der Waals surface area contributed by atoms with E-state index in [0.29, 0.717) is 23.6 Å². The first-order valence-electron chi connectivity index (χ1n) is 7.39. The van der Waals surface area contributed by atoms with Crippen molar-refractivity contribution in [1.29, 1.82) is 0 Å². The summed E-state index contributed by atoms with van der Waals surface area (Å²) in [6.45, 7) is 3.93. The Bertz CT molecular complexity index is 523. The fraction of sp³-hybridized carbons (Fsp3) is 0.500. The molecule has 122 valence electrons. The van der Waals surface area contributed by atoms with Crippen LogP contribution in [-0.4, -0.2) is 18.4 Å². The van der Waals surface area contributed by atoms with Crippen LogP contribution in [-0.2, 0) is 9.59 Å². The van der Waals surface area contributed by atoms with E-state index in [2.05, 4.69) is 10.6 Å². The zero-order valence-electron chi connectivity index (χ0n) is 12.9. The molecule has 0 radical (unpaired) electrons. The summed E-state index contributed by atoms with van der Waals surface area (Å²) in [6, 6.07) is 3.88. The third-order valence-electron chi connectivity index (χ3n) is 3.26. The van der Waals surface area contributed by atoms with Gasteiger partial charge in [-0.05, 0) is 37.5 Å². The summed E-state index contributed by atoms with van der Waals surface area (Å²) in [5.74, 6) is -0.499. The molecule has 1 atom stereocenters.